The summed E-state index contributed by atoms with van der Waals surface area (Å²) in [5.74, 6) is -0.708. The van der Waals surface area contributed by atoms with Crippen molar-refractivity contribution in [1.29, 1.82) is 5.26 Å². The van der Waals surface area contributed by atoms with Gasteiger partial charge in [-0.3, -0.25) is 14.5 Å². The summed E-state index contributed by atoms with van der Waals surface area (Å²) in [6.07, 6.45) is -3.97. The van der Waals surface area contributed by atoms with E-state index >= 15 is 0 Å². The van der Waals surface area contributed by atoms with Crippen LogP contribution >= 0.6 is 34.7 Å². The smallest absolute Gasteiger partial charge is 0.384 e. The Morgan fingerprint density at radius 3 is 2.66 bits per heavy atom. The van der Waals surface area contributed by atoms with Gasteiger partial charge in [0.1, 0.15) is 17.3 Å². The maximum Gasteiger partial charge on any atom is 0.416 e. The number of nitrogens with one attached hydrogen (secondary N) is 1. The molecule has 8 nitrogen and oxygen atoms in total. The molecular formula is C30H24ClF3N6O2S2. The van der Waals surface area contributed by atoms with Crippen LogP contribution in [0.4, 0.5) is 24.0 Å². The van der Waals surface area contributed by atoms with Crippen LogP contribution in [-0.2, 0) is 26.9 Å². The lowest BCUT2D eigenvalue weighted by molar-refractivity contribution is -0.137. The second-order valence-corrected chi connectivity index (χ2v) is 14.2. The van der Waals surface area contributed by atoms with E-state index in [4.69, 9.17) is 17.3 Å². The number of carbonyl (C=O) groups is 2. The average Bonchev–Trinajstić information content (AvgIpc) is 3.52. The summed E-state index contributed by atoms with van der Waals surface area (Å²) in [6.45, 7) is 5.61. The number of fused-ring (bicyclic) bond motifs is 3. The van der Waals surface area contributed by atoms with Gasteiger partial charge in [0.05, 0.1) is 16.8 Å². The number of hydrogen-bond acceptors (Lipinski definition) is 9. The molecule has 1 unspecified atom stereocenters. The van der Waals surface area contributed by atoms with E-state index in [0.717, 1.165) is 23.5 Å². The van der Waals surface area contributed by atoms with E-state index in [9.17, 15) is 28.0 Å². The Morgan fingerprint density at radius 2 is 1.95 bits per heavy atom. The van der Waals surface area contributed by atoms with Crippen molar-refractivity contribution in [2.45, 2.75) is 55.3 Å². The molecule has 3 heterocycles. The Hall–Kier alpha value is -3.86. The number of nitriles is 1. The zero-order chi connectivity index (χ0) is 31.8. The fraction of sp³-hybridized carbons (Fsp3) is 0.300. The second kappa shape index (κ2) is 10.4. The first kappa shape index (κ1) is 30.2. The van der Waals surface area contributed by atoms with Crippen molar-refractivity contribution in [2.75, 3.05) is 10.2 Å². The van der Waals surface area contributed by atoms with Crippen LogP contribution in [0.2, 0.25) is 5.02 Å². The van der Waals surface area contributed by atoms with Crippen molar-refractivity contribution in [2.24, 2.45) is 11.1 Å². The topological polar surface area (TPSA) is 125 Å². The zero-order valence-corrected chi connectivity index (χ0v) is 26.0. The molecule has 3 aliphatic rings. The van der Waals surface area contributed by atoms with Crippen molar-refractivity contribution in [1.82, 2.24) is 10.2 Å². The summed E-state index contributed by atoms with van der Waals surface area (Å²) in [6, 6.07) is 10.5. The molecular weight excluding hydrogens is 633 g/mol. The van der Waals surface area contributed by atoms with Gasteiger partial charge in [0.25, 0.3) is 0 Å². The highest BCUT2D eigenvalue weighted by atomic mass is 35.5. The number of aromatic nitrogens is 2. The number of benzene rings is 2. The highest BCUT2D eigenvalue weighted by molar-refractivity contribution is 8.00. The first-order valence-corrected chi connectivity index (χ1v) is 15.6. The number of Topliss-reactive ketones (excluding diaryl/α,β-unsaturated/α-hetero) is 1. The summed E-state index contributed by atoms with van der Waals surface area (Å²) >= 11 is 8.68. The predicted octanol–water partition coefficient (Wildman–Crippen LogP) is 6.86. The fourth-order valence-corrected chi connectivity index (χ4v) is 8.14. The van der Waals surface area contributed by atoms with E-state index in [1.807, 2.05) is 13.8 Å². The number of carbonyl (C=O) groups excluding carboxylic acids is 2. The van der Waals surface area contributed by atoms with Crippen molar-refractivity contribution in [3.8, 4) is 6.07 Å². The molecule has 1 amide bonds. The standard InChI is InChI=1S/C30H24ClF3N6O2S2/c1-14-19(31)8-7-17-23(14)37-25(42)29(17)18(12-35)24(36)40(20-10-28(2,3)11-21(41)22(20)29)26-38-39-27(44-26)43-13-15-5-4-6-16(9-15)30(32,33)34/h4-9H,10-11,13,36H2,1-3H3,(H,37,42). The number of nitrogens with two attached hydrogens (primary N) is 1. The maximum atomic E-state index is 14.0. The summed E-state index contributed by atoms with van der Waals surface area (Å²) in [5, 5.41) is 22.6. The van der Waals surface area contributed by atoms with Gasteiger partial charge < -0.3 is 11.1 Å². The van der Waals surface area contributed by atoms with E-state index in [1.165, 1.54) is 22.7 Å². The van der Waals surface area contributed by atoms with E-state index < -0.39 is 28.5 Å². The van der Waals surface area contributed by atoms with E-state index in [0.29, 0.717) is 43.9 Å². The van der Waals surface area contributed by atoms with E-state index in [2.05, 4.69) is 21.6 Å². The molecule has 2 aliphatic heterocycles. The van der Waals surface area contributed by atoms with Crippen LogP contribution < -0.4 is 16.0 Å². The van der Waals surface area contributed by atoms with Gasteiger partial charge in [-0.1, -0.05) is 72.8 Å². The summed E-state index contributed by atoms with van der Waals surface area (Å²) in [4.78, 5) is 29.6. The molecule has 1 atom stereocenters. The van der Waals surface area contributed by atoms with Crippen LogP contribution in [0, 0.1) is 23.7 Å². The Kier molecular flexibility index (Phi) is 7.10. The summed E-state index contributed by atoms with van der Waals surface area (Å²) < 4.78 is 40.0. The highest BCUT2D eigenvalue weighted by Gasteiger charge is 2.61. The van der Waals surface area contributed by atoms with Crippen molar-refractivity contribution >= 4 is 57.2 Å². The summed E-state index contributed by atoms with van der Waals surface area (Å²) in [7, 11) is 0. The number of alkyl halides is 3. The molecule has 2 aromatic carbocycles. The lowest BCUT2D eigenvalue weighted by Crippen LogP contribution is -2.52. The Balaban J connectivity index is 1.46. The van der Waals surface area contributed by atoms with Crippen molar-refractivity contribution < 1.29 is 22.8 Å². The Morgan fingerprint density at radius 1 is 1.20 bits per heavy atom. The minimum atomic E-state index is -4.46. The maximum absolute atomic E-state index is 14.0. The van der Waals surface area contributed by atoms with Crippen LogP contribution in [-0.4, -0.2) is 21.9 Å². The molecule has 6 rings (SSSR count). The first-order chi connectivity index (χ1) is 20.7. The quantitative estimate of drug-likeness (QED) is 0.292. The molecule has 3 aromatic rings. The molecule has 0 fully saturated rings. The minimum absolute atomic E-state index is 0.0575. The Labute approximate surface area is 263 Å². The van der Waals surface area contributed by atoms with Crippen LogP contribution in [0.5, 0.6) is 0 Å². The van der Waals surface area contributed by atoms with Gasteiger partial charge in [-0.15, -0.1) is 10.2 Å². The van der Waals surface area contributed by atoms with Crippen molar-refractivity contribution in [3.05, 3.63) is 86.3 Å². The first-order valence-electron chi connectivity index (χ1n) is 13.4. The molecule has 226 valence electrons. The number of halogens is 4. The third-order valence-corrected chi connectivity index (χ3v) is 10.6. The SMILES string of the molecule is Cc1c(Cl)ccc2c1NC(=O)C21C(C#N)=C(N)N(c2nnc(SCc3cccc(C(F)(F)F)c3)s2)C2=C1C(=O)CC(C)(C)C2. The van der Waals surface area contributed by atoms with Gasteiger partial charge in [-0.2, -0.15) is 18.4 Å². The van der Waals surface area contributed by atoms with E-state index in [-0.39, 0.29) is 40.1 Å². The highest BCUT2D eigenvalue weighted by Crippen LogP contribution is 2.58. The number of anilines is 2. The van der Waals surface area contributed by atoms with Crippen molar-refractivity contribution in [3.63, 3.8) is 0 Å². The number of allylic oxidation sites excluding steroid dienone is 1. The molecule has 14 heteroatoms. The predicted molar refractivity (Wildman–Crippen MR) is 162 cm³/mol. The fourth-order valence-electron chi connectivity index (χ4n) is 6.16. The van der Waals surface area contributed by atoms with Gasteiger partial charge >= 0.3 is 6.18 Å². The lowest BCUT2D eigenvalue weighted by atomic mass is 9.61. The van der Waals surface area contributed by atoms with Crippen LogP contribution in [0.3, 0.4) is 0 Å². The number of hydrogen-bond donors (Lipinski definition) is 2. The third-order valence-electron chi connectivity index (χ3n) is 8.07. The van der Waals surface area contributed by atoms with Gasteiger partial charge in [-0.25, -0.2) is 0 Å². The number of nitrogens with zero attached hydrogens (tertiary/aromatic N) is 4. The monoisotopic (exact) mass is 656 g/mol. The number of amides is 1. The summed E-state index contributed by atoms with van der Waals surface area (Å²) in [5.41, 5.74) is 6.15. The molecule has 0 bridgehead atoms. The number of rotatable bonds is 4. The molecule has 1 aromatic heterocycles. The van der Waals surface area contributed by atoms with Crippen LogP contribution in [0.15, 0.2) is 63.4 Å². The normalized spacial score (nSPS) is 21.0. The van der Waals surface area contributed by atoms with Gasteiger partial charge in [-0.05, 0) is 42.0 Å². The molecule has 0 radical (unpaired) electrons. The molecule has 1 spiro atoms. The minimum Gasteiger partial charge on any atom is -0.384 e. The molecule has 0 saturated heterocycles. The largest absolute Gasteiger partial charge is 0.416 e. The molecule has 0 saturated carbocycles. The Bertz CT molecular complexity index is 1880. The third kappa shape index (κ3) is 4.58. The molecule has 44 heavy (non-hydrogen) atoms. The number of ketones is 1. The molecule has 3 N–H and O–H groups in total. The zero-order valence-electron chi connectivity index (χ0n) is 23.6. The van der Waals surface area contributed by atoms with Gasteiger partial charge in [0.15, 0.2) is 10.1 Å². The lowest BCUT2D eigenvalue weighted by Gasteiger charge is -2.45. The van der Waals surface area contributed by atoms with Crippen LogP contribution in [0.1, 0.15) is 48.9 Å². The van der Waals surface area contributed by atoms with Gasteiger partial charge in [0, 0.05) is 34.0 Å². The van der Waals surface area contributed by atoms with Gasteiger partial charge in [0.2, 0.25) is 11.0 Å². The molecule has 1 aliphatic carbocycles. The number of thioether (sulfide) groups is 1. The van der Waals surface area contributed by atoms with Crippen LogP contribution in [0.25, 0.3) is 0 Å². The second-order valence-electron chi connectivity index (χ2n) is 11.6. The average molecular weight is 657 g/mol. The van der Waals surface area contributed by atoms with E-state index in [1.54, 1.807) is 25.1 Å².